The predicted molar refractivity (Wildman–Crippen MR) is 73.6 cm³/mol. The number of nitrogens with two attached hydrogens (primary N) is 1. The van der Waals surface area contributed by atoms with Crippen LogP contribution in [-0.2, 0) is 5.41 Å². The summed E-state index contributed by atoms with van der Waals surface area (Å²) >= 11 is 1.74. The fourth-order valence-corrected chi connectivity index (χ4v) is 5.85. The maximum atomic E-state index is 5.80. The number of thiazole rings is 1. The van der Waals surface area contributed by atoms with Crippen molar-refractivity contribution in [2.75, 3.05) is 5.73 Å². The van der Waals surface area contributed by atoms with Gasteiger partial charge in [0.05, 0.1) is 0 Å². The summed E-state index contributed by atoms with van der Waals surface area (Å²) in [4.78, 5) is 5.76. The Labute approximate surface area is 112 Å². The summed E-state index contributed by atoms with van der Waals surface area (Å²) < 4.78 is 0. The molecule has 17 heavy (non-hydrogen) atoms. The molecule has 5 rings (SSSR count). The van der Waals surface area contributed by atoms with Crippen LogP contribution in [0, 0.1) is 17.8 Å². The standard InChI is InChI=1S/C13H18N2S.ClH/c14-12-15-7-11(16-12)13-4-8-1-9(5-13)3-10(2-8)6-13;/h7-10H,1-6H2,(H2,14,15);1H. The van der Waals surface area contributed by atoms with E-state index in [1.807, 2.05) is 0 Å². The van der Waals surface area contributed by atoms with Gasteiger partial charge in [0.1, 0.15) is 0 Å². The van der Waals surface area contributed by atoms with Crippen molar-refractivity contribution in [2.24, 2.45) is 17.8 Å². The number of hydrogen-bond acceptors (Lipinski definition) is 3. The molecule has 4 saturated carbocycles. The number of anilines is 1. The molecule has 0 amide bonds. The van der Waals surface area contributed by atoms with Crippen molar-refractivity contribution in [1.29, 1.82) is 0 Å². The topological polar surface area (TPSA) is 38.9 Å². The fraction of sp³-hybridized carbons (Fsp3) is 0.769. The summed E-state index contributed by atoms with van der Waals surface area (Å²) in [6, 6.07) is 0. The van der Waals surface area contributed by atoms with Crippen LogP contribution in [0.15, 0.2) is 6.20 Å². The summed E-state index contributed by atoms with van der Waals surface area (Å²) in [5.41, 5.74) is 6.29. The number of halogens is 1. The van der Waals surface area contributed by atoms with Gasteiger partial charge in [-0.1, -0.05) is 0 Å². The molecule has 0 spiro atoms. The molecule has 0 radical (unpaired) electrons. The van der Waals surface area contributed by atoms with Crippen molar-refractivity contribution in [2.45, 2.75) is 43.9 Å². The van der Waals surface area contributed by atoms with Crippen LogP contribution in [0.1, 0.15) is 43.4 Å². The quantitative estimate of drug-likeness (QED) is 0.847. The Kier molecular flexibility index (Phi) is 2.67. The molecule has 4 bridgehead atoms. The van der Waals surface area contributed by atoms with E-state index in [4.69, 9.17) is 5.73 Å². The van der Waals surface area contributed by atoms with Crippen LogP contribution < -0.4 is 5.73 Å². The third-order valence-corrected chi connectivity index (χ3v) is 6.16. The second kappa shape index (κ2) is 3.86. The second-order valence-electron chi connectivity index (χ2n) is 6.26. The van der Waals surface area contributed by atoms with E-state index in [1.54, 1.807) is 11.3 Å². The van der Waals surface area contributed by atoms with E-state index in [1.165, 1.54) is 43.4 Å². The first kappa shape index (κ1) is 11.8. The highest BCUT2D eigenvalue weighted by molar-refractivity contribution is 7.15. The zero-order chi connectivity index (χ0) is 10.8. The Balaban J connectivity index is 0.000000902. The highest BCUT2D eigenvalue weighted by Crippen LogP contribution is 2.61. The molecule has 4 aliphatic carbocycles. The molecule has 0 unspecified atom stereocenters. The van der Waals surface area contributed by atoms with Crippen LogP contribution in [0.4, 0.5) is 5.13 Å². The molecule has 0 aromatic carbocycles. The minimum absolute atomic E-state index is 0. The normalized spacial score (nSPS) is 42.5. The molecule has 0 atom stereocenters. The summed E-state index contributed by atoms with van der Waals surface area (Å²) in [7, 11) is 0. The molecule has 94 valence electrons. The van der Waals surface area contributed by atoms with Crippen LogP contribution in [0.25, 0.3) is 0 Å². The predicted octanol–water partition coefficient (Wildman–Crippen LogP) is 3.61. The lowest BCUT2D eigenvalue weighted by Gasteiger charge is -2.56. The fourth-order valence-electron chi connectivity index (χ4n) is 4.95. The average molecular weight is 271 g/mol. The molecule has 1 aromatic heterocycles. The second-order valence-corrected chi connectivity index (χ2v) is 7.32. The molecule has 4 aliphatic rings. The van der Waals surface area contributed by atoms with E-state index >= 15 is 0 Å². The first-order chi connectivity index (χ1) is 7.73. The molecule has 0 saturated heterocycles. The van der Waals surface area contributed by atoms with Gasteiger partial charge in [0.25, 0.3) is 0 Å². The minimum atomic E-state index is 0. The van der Waals surface area contributed by atoms with Crippen LogP contribution >= 0.6 is 23.7 Å². The third-order valence-electron chi connectivity index (χ3n) is 5.08. The van der Waals surface area contributed by atoms with Crippen molar-refractivity contribution in [3.63, 3.8) is 0 Å². The zero-order valence-corrected chi connectivity index (χ0v) is 11.5. The van der Waals surface area contributed by atoms with Crippen LogP contribution in [0.2, 0.25) is 0 Å². The van der Waals surface area contributed by atoms with E-state index in [0.717, 1.165) is 22.9 Å². The van der Waals surface area contributed by atoms with Gasteiger partial charge in [0, 0.05) is 16.5 Å². The summed E-state index contributed by atoms with van der Waals surface area (Å²) in [6.07, 6.45) is 10.8. The van der Waals surface area contributed by atoms with E-state index < -0.39 is 0 Å². The van der Waals surface area contributed by atoms with Crippen molar-refractivity contribution in [1.82, 2.24) is 4.98 Å². The summed E-state index contributed by atoms with van der Waals surface area (Å²) in [6.45, 7) is 0. The molecule has 2 N–H and O–H groups in total. The maximum absolute atomic E-state index is 5.80. The zero-order valence-electron chi connectivity index (χ0n) is 9.89. The van der Waals surface area contributed by atoms with Crippen molar-refractivity contribution in [3.8, 4) is 0 Å². The van der Waals surface area contributed by atoms with Gasteiger partial charge in [0.15, 0.2) is 5.13 Å². The van der Waals surface area contributed by atoms with E-state index in [9.17, 15) is 0 Å². The minimum Gasteiger partial charge on any atom is -0.375 e. The van der Waals surface area contributed by atoms with Gasteiger partial charge in [-0.15, -0.1) is 23.7 Å². The van der Waals surface area contributed by atoms with E-state index in [0.29, 0.717) is 5.41 Å². The van der Waals surface area contributed by atoms with E-state index in [2.05, 4.69) is 11.2 Å². The first-order valence-electron chi connectivity index (χ1n) is 6.45. The first-order valence-corrected chi connectivity index (χ1v) is 7.27. The molecular formula is C13H19ClN2S. The SMILES string of the molecule is Cl.Nc1ncc(C23CC4CC(CC(C4)C2)C3)s1. The Bertz CT molecular complexity index is 394. The van der Waals surface area contributed by atoms with Gasteiger partial charge in [-0.25, -0.2) is 4.98 Å². The average Bonchev–Trinajstić information content (AvgIpc) is 2.63. The molecule has 1 heterocycles. The highest BCUT2D eigenvalue weighted by Gasteiger charge is 2.52. The number of nitrogen functional groups attached to an aromatic ring is 1. The largest absolute Gasteiger partial charge is 0.375 e. The van der Waals surface area contributed by atoms with Gasteiger partial charge in [-0.2, -0.15) is 0 Å². The van der Waals surface area contributed by atoms with Gasteiger partial charge >= 0.3 is 0 Å². The Morgan fingerprint density at radius 1 is 1.12 bits per heavy atom. The molecule has 1 aromatic rings. The molecule has 2 nitrogen and oxygen atoms in total. The molecule has 0 aliphatic heterocycles. The van der Waals surface area contributed by atoms with Crippen molar-refractivity contribution < 1.29 is 0 Å². The smallest absolute Gasteiger partial charge is 0.180 e. The van der Waals surface area contributed by atoms with Gasteiger partial charge in [-0.05, 0) is 56.3 Å². The maximum Gasteiger partial charge on any atom is 0.180 e. The summed E-state index contributed by atoms with van der Waals surface area (Å²) in [5, 5.41) is 0.755. The Hall–Kier alpha value is -0.280. The summed E-state index contributed by atoms with van der Waals surface area (Å²) in [5.74, 6) is 3.03. The molecule has 4 fully saturated rings. The lowest BCUT2D eigenvalue weighted by Crippen LogP contribution is -2.48. The number of nitrogens with zero attached hydrogens (tertiary/aromatic N) is 1. The Morgan fingerprint density at radius 3 is 2.06 bits per heavy atom. The van der Waals surface area contributed by atoms with Crippen LogP contribution in [0.5, 0.6) is 0 Å². The van der Waals surface area contributed by atoms with E-state index in [-0.39, 0.29) is 12.4 Å². The van der Waals surface area contributed by atoms with Gasteiger partial charge in [-0.3, -0.25) is 0 Å². The van der Waals surface area contributed by atoms with Crippen LogP contribution in [-0.4, -0.2) is 4.98 Å². The highest BCUT2D eigenvalue weighted by atomic mass is 35.5. The number of hydrogen-bond donors (Lipinski definition) is 1. The lowest BCUT2D eigenvalue weighted by atomic mass is 9.49. The van der Waals surface area contributed by atoms with Gasteiger partial charge < -0.3 is 5.73 Å². The monoisotopic (exact) mass is 270 g/mol. The lowest BCUT2D eigenvalue weighted by molar-refractivity contribution is -0.00355. The molecular weight excluding hydrogens is 252 g/mol. The Morgan fingerprint density at radius 2 is 1.65 bits per heavy atom. The van der Waals surface area contributed by atoms with Crippen molar-refractivity contribution in [3.05, 3.63) is 11.1 Å². The molecule has 4 heteroatoms. The van der Waals surface area contributed by atoms with Gasteiger partial charge in [0.2, 0.25) is 0 Å². The number of rotatable bonds is 1. The van der Waals surface area contributed by atoms with Crippen molar-refractivity contribution >= 4 is 28.9 Å². The number of aromatic nitrogens is 1. The van der Waals surface area contributed by atoms with Crippen LogP contribution in [0.3, 0.4) is 0 Å². The third kappa shape index (κ3) is 1.70.